The van der Waals surface area contributed by atoms with E-state index in [1.54, 1.807) is 18.2 Å². The van der Waals surface area contributed by atoms with Crippen LogP contribution in [-0.4, -0.2) is 47.8 Å². The van der Waals surface area contributed by atoms with E-state index in [9.17, 15) is 14.3 Å². The number of amides is 1. The predicted molar refractivity (Wildman–Crippen MR) is 111 cm³/mol. The summed E-state index contributed by atoms with van der Waals surface area (Å²) in [6.07, 6.45) is 1.36. The smallest absolute Gasteiger partial charge is 0.234 e. The molecule has 29 heavy (non-hydrogen) atoms. The summed E-state index contributed by atoms with van der Waals surface area (Å²) >= 11 is 6.16. The minimum Gasteiger partial charge on any atom is -0.489 e. The third-order valence-corrected chi connectivity index (χ3v) is 5.28. The molecule has 0 spiro atoms. The number of likely N-dealkylation sites (tertiary alicyclic amines) is 1. The molecule has 2 N–H and O–H groups in total. The molecule has 1 amide bonds. The maximum atomic E-state index is 13.2. The molecule has 1 aliphatic rings. The molecule has 2 aromatic carbocycles. The number of ether oxygens (including phenoxy) is 1. The molecule has 0 aliphatic carbocycles. The van der Waals surface area contributed by atoms with Gasteiger partial charge in [-0.3, -0.25) is 9.69 Å². The van der Waals surface area contributed by atoms with Crippen molar-refractivity contribution in [3.63, 3.8) is 0 Å². The Bertz CT molecular complexity index is 864. The van der Waals surface area contributed by atoms with Crippen molar-refractivity contribution in [1.29, 1.82) is 0 Å². The second-order valence-corrected chi connectivity index (χ2v) is 8.07. The zero-order chi connectivity index (χ0) is 20.9. The Kier molecular flexibility index (Phi) is 7.11. The van der Waals surface area contributed by atoms with Gasteiger partial charge in [0.2, 0.25) is 5.91 Å². The summed E-state index contributed by atoms with van der Waals surface area (Å²) in [5, 5.41) is 14.2. The average molecular weight is 421 g/mol. The summed E-state index contributed by atoms with van der Waals surface area (Å²) in [6.45, 7) is 3.55. The van der Waals surface area contributed by atoms with E-state index in [0.29, 0.717) is 29.3 Å². The lowest BCUT2D eigenvalue weighted by molar-refractivity contribution is -0.124. The van der Waals surface area contributed by atoms with Crippen molar-refractivity contribution in [1.82, 2.24) is 10.2 Å². The third kappa shape index (κ3) is 6.42. The first kappa shape index (κ1) is 21.6. The molecule has 156 valence electrons. The first-order valence-corrected chi connectivity index (χ1v) is 10.1. The lowest BCUT2D eigenvalue weighted by atomic mass is 9.93. The number of aliphatic hydroxyl groups is 1. The van der Waals surface area contributed by atoms with Crippen molar-refractivity contribution < 1.29 is 19.0 Å². The molecule has 1 fully saturated rings. The molecule has 0 bridgehead atoms. The normalized spacial score (nSPS) is 19.7. The fraction of sp³-hybridized carbons (Fsp3) is 0.409. The van der Waals surface area contributed by atoms with Gasteiger partial charge in [-0.2, -0.15) is 0 Å². The van der Waals surface area contributed by atoms with E-state index < -0.39 is 5.60 Å². The SMILES string of the molecule is Cc1ccc(Cl)c(OC[C@@]2(O)CCCN(CC(=O)NCc3cccc(F)c3)C2)c1. The molecule has 0 radical (unpaired) electrons. The van der Waals surface area contributed by atoms with E-state index in [1.165, 1.54) is 12.1 Å². The van der Waals surface area contributed by atoms with Crippen molar-refractivity contribution in [2.24, 2.45) is 0 Å². The zero-order valence-electron chi connectivity index (χ0n) is 16.5. The van der Waals surface area contributed by atoms with Crippen LogP contribution in [-0.2, 0) is 11.3 Å². The second-order valence-electron chi connectivity index (χ2n) is 7.67. The number of piperidine rings is 1. The molecule has 1 aliphatic heterocycles. The van der Waals surface area contributed by atoms with Crippen LogP contribution < -0.4 is 10.1 Å². The first-order chi connectivity index (χ1) is 13.8. The number of β-amino-alcohol motifs (C(OH)–C–C–N with tert-alkyl or cyclic N) is 1. The van der Waals surface area contributed by atoms with Gasteiger partial charge in [0.25, 0.3) is 0 Å². The quantitative estimate of drug-likeness (QED) is 0.721. The van der Waals surface area contributed by atoms with Crippen molar-refractivity contribution in [2.75, 3.05) is 26.2 Å². The first-order valence-electron chi connectivity index (χ1n) is 9.68. The second kappa shape index (κ2) is 9.57. The predicted octanol–water partition coefficient (Wildman–Crippen LogP) is 3.31. The Hall–Kier alpha value is -2.15. The van der Waals surface area contributed by atoms with Gasteiger partial charge in [0.05, 0.1) is 11.6 Å². The Morgan fingerprint density at radius 3 is 2.97 bits per heavy atom. The number of hydrogen-bond donors (Lipinski definition) is 2. The van der Waals surface area contributed by atoms with Gasteiger partial charge in [-0.05, 0) is 61.7 Å². The van der Waals surface area contributed by atoms with Gasteiger partial charge in [0.15, 0.2) is 0 Å². The number of hydrogen-bond acceptors (Lipinski definition) is 4. The molecular formula is C22H26ClFN2O3. The van der Waals surface area contributed by atoms with Crippen LogP contribution in [0.2, 0.25) is 5.02 Å². The number of halogens is 2. The lowest BCUT2D eigenvalue weighted by Crippen LogP contribution is -2.53. The summed E-state index contributed by atoms with van der Waals surface area (Å²) in [5.74, 6) is 0.0535. The minimum atomic E-state index is -1.05. The van der Waals surface area contributed by atoms with E-state index in [4.69, 9.17) is 16.3 Å². The number of nitrogens with one attached hydrogen (secondary N) is 1. The number of nitrogens with zero attached hydrogens (tertiary/aromatic N) is 1. The van der Waals surface area contributed by atoms with Gasteiger partial charge in [-0.15, -0.1) is 0 Å². The number of carbonyl (C=O) groups is 1. The van der Waals surface area contributed by atoms with Crippen LogP contribution in [0.1, 0.15) is 24.0 Å². The molecule has 2 aromatic rings. The third-order valence-electron chi connectivity index (χ3n) is 4.96. The highest BCUT2D eigenvalue weighted by molar-refractivity contribution is 6.32. The highest BCUT2D eigenvalue weighted by Crippen LogP contribution is 2.28. The minimum absolute atomic E-state index is 0.109. The summed E-state index contributed by atoms with van der Waals surface area (Å²) in [5.41, 5.74) is 0.683. The van der Waals surface area contributed by atoms with Gasteiger partial charge >= 0.3 is 0 Å². The Morgan fingerprint density at radius 1 is 1.34 bits per heavy atom. The van der Waals surface area contributed by atoms with E-state index in [0.717, 1.165) is 18.5 Å². The van der Waals surface area contributed by atoms with Crippen LogP contribution in [0, 0.1) is 12.7 Å². The molecule has 7 heteroatoms. The van der Waals surface area contributed by atoms with Crippen molar-refractivity contribution in [3.05, 3.63) is 64.4 Å². The fourth-order valence-corrected chi connectivity index (χ4v) is 3.67. The largest absolute Gasteiger partial charge is 0.489 e. The lowest BCUT2D eigenvalue weighted by Gasteiger charge is -2.38. The van der Waals surface area contributed by atoms with Gasteiger partial charge in [0, 0.05) is 13.1 Å². The van der Waals surface area contributed by atoms with Crippen molar-refractivity contribution in [2.45, 2.75) is 31.9 Å². The molecule has 1 heterocycles. The summed E-state index contributed by atoms with van der Waals surface area (Å²) in [6, 6.07) is 11.6. The summed E-state index contributed by atoms with van der Waals surface area (Å²) in [7, 11) is 0. The summed E-state index contributed by atoms with van der Waals surface area (Å²) in [4.78, 5) is 14.2. The molecule has 0 saturated carbocycles. The topological polar surface area (TPSA) is 61.8 Å². The Balaban J connectivity index is 1.50. The molecule has 1 saturated heterocycles. The number of benzene rings is 2. The standard InChI is InChI=1S/C22H26ClFN2O3/c1-16-6-7-19(23)20(10-16)29-15-22(28)8-3-9-26(14-22)13-21(27)25-12-17-4-2-5-18(24)11-17/h2,4-7,10-11,28H,3,8-9,12-15H2,1H3,(H,25,27)/t22-/m1/s1. The van der Waals surface area contributed by atoms with E-state index in [2.05, 4.69) is 5.32 Å². The van der Waals surface area contributed by atoms with Gasteiger partial charge in [-0.1, -0.05) is 29.8 Å². The Labute approximate surface area is 175 Å². The van der Waals surface area contributed by atoms with Crippen LogP contribution in [0.4, 0.5) is 4.39 Å². The Morgan fingerprint density at radius 2 is 2.17 bits per heavy atom. The van der Waals surface area contributed by atoms with Gasteiger partial charge in [-0.25, -0.2) is 4.39 Å². The van der Waals surface area contributed by atoms with Crippen LogP contribution >= 0.6 is 11.6 Å². The highest BCUT2D eigenvalue weighted by Gasteiger charge is 2.35. The van der Waals surface area contributed by atoms with Crippen LogP contribution in [0.3, 0.4) is 0 Å². The summed E-state index contributed by atoms with van der Waals surface area (Å²) < 4.78 is 19.0. The highest BCUT2D eigenvalue weighted by atomic mass is 35.5. The van der Waals surface area contributed by atoms with Crippen molar-refractivity contribution in [3.8, 4) is 5.75 Å². The van der Waals surface area contributed by atoms with Crippen LogP contribution in [0.25, 0.3) is 0 Å². The van der Waals surface area contributed by atoms with Gasteiger partial charge < -0.3 is 15.2 Å². The number of rotatable bonds is 7. The molecule has 0 aromatic heterocycles. The monoisotopic (exact) mass is 420 g/mol. The molecule has 0 unspecified atom stereocenters. The van der Waals surface area contributed by atoms with Crippen LogP contribution in [0.15, 0.2) is 42.5 Å². The molecular weight excluding hydrogens is 395 g/mol. The van der Waals surface area contributed by atoms with E-state index in [-0.39, 0.29) is 31.4 Å². The number of carbonyl (C=O) groups excluding carboxylic acids is 1. The molecule has 1 atom stereocenters. The van der Waals surface area contributed by atoms with Crippen LogP contribution in [0.5, 0.6) is 5.75 Å². The number of aryl methyl sites for hydroxylation is 1. The molecule has 3 rings (SSSR count). The zero-order valence-corrected chi connectivity index (χ0v) is 17.2. The maximum absolute atomic E-state index is 13.2. The maximum Gasteiger partial charge on any atom is 0.234 e. The average Bonchev–Trinajstić information content (AvgIpc) is 2.67. The van der Waals surface area contributed by atoms with E-state index in [1.807, 2.05) is 24.0 Å². The van der Waals surface area contributed by atoms with Gasteiger partial charge in [0.1, 0.15) is 23.8 Å². The molecule has 5 nitrogen and oxygen atoms in total. The van der Waals surface area contributed by atoms with Crippen molar-refractivity contribution >= 4 is 17.5 Å². The van der Waals surface area contributed by atoms with E-state index >= 15 is 0 Å². The fourth-order valence-electron chi connectivity index (χ4n) is 3.50.